The zero-order chi connectivity index (χ0) is 16.2. The maximum Gasteiger partial charge on any atom is 0.229 e. The van der Waals surface area contributed by atoms with Crippen LogP contribution in [0.2, 0.25) is 0 Å². The fraction of sp³-hybridized carbons (Fsp3) is 0.353. The molecule has 0 saturated heterocycles. The Morgan fingerprint density at radius 2 is 2.09 bits per heavy atom. The van der Waals surface area contributed by atoms with Gasteiger partial charge >= 0.3 is 0 Å². The van der Waals surface area contributed by atoms with Gasteiger partial charge < -0.3 is 15.0 Å². The molecule has 6 nitrogen and oxygen atoms in total. The van der Waals surface area contributed by atoms with Gasteiger partial charge in [0.1, 0.15) is 12.4 Å². The minimum atomic E-state index is -0.146. The third-order valence-corrected chi connectivity index (χ3v) is 3.95. The van der Waals surface area contributed by atoms with Gasteiger partial charge in [-0.1, -0.05) is 18.2 Å². The van der Waals surface area contributed by atoms with Gasteiger partial charge in [0.05, 0.1) is 5.92 Å². The Morgan fingerprint density at radius 1 is 1.35 bits per heavy atom. The molecule has 2 heterocycles. The number of hydrogen-bond acceptors (Lipinski definition) is 5. The second-order valence-electron chi connectivity index (χ2n) is 5.68. The first-order chi connectivity index (χ1) is 11.2. The molecule has 1 amide bonds. The van der Waals surface area contributed by atoms with Gasteiger partial charge in [0.25, 0.3) is 0 Å². The largest absolute Gasteiger partial charge is 0.492 e. The van der Waals surface area contributed by atoms with Crippen molar-refractivity contribution in [1.29, 1.82) is 0 Å². The lowest BCUT2D eigenvalue weighted by atomic mass is 9.95. The first-order valence-corrected chi connectivity index (χ1v) is 7.61. The summed E-state index contributed by atoms with van der Waals surface area (Å²) in [7, 11) is 3.57. The maximum atomic E-state index is 12.6. The van der Waals surface area contributed by atoms with Crippen LogP contribution in [-0.4, -0.2) is 41.5 Å². The molecular formula is C17H20N4O2. The predicted molar refractivity (Wildman–Crippen MR) is 87.2 cm³/mol. The monoisotopic (exact) mass is 312 g/mol. The molecule has 0 spiro atoms. The number of amides is 1. The van der Waals surface area contributed by atoms with Gasteiger partial charge in [-0.15, -0.1) is 0 Å². The molecule has 1 aromatic carbocycles. The van der Waals surface area contributed by atoms with Crippen LogP contribution < -0.4 is 10.1 Å². The fourth-order valence-corrected chi connectivity index (χ4v) is 2.72. The van der Waals surface area contributed by atoms with E-state index in [1.165, 1.54) is 0 Å². The Hall–Kier alpha value is -2.63. The molecule has 120 valence electrons. The maximum absolute atomic E-state index is 12.6. The third-order valence-electron chi connectivity index (χ3n) is 3.95. The van der Waals surface area contributed by atoms with Gasteiger partial charge in [-0.2, -0.15) is 0 Å². The molecule has 2 aromatic rings. The Bertz CT molecular complexity index is 687. The summed E-state index contributed by atoms with van der Waals surface area (Å²) in [6.07, 6.45) is 4.18. The lowest BCUT2D eigenvalue weighted by molar-refractivity contribution is -0.136. The summed E-state index contributed by atoms with van der Waals surface area (Å²) in [5.41, 5.74) is 1.99. The summed E-state index contributed by atoms with van der Waals surface area (Å²) in [6.45, 7) is 0.913. The third kappa shape index (κ3) is 3.41. The quantitative estimate of drug-likeness (QED) is 0.931. The van der Waals surface area contributed by atoms with Crippen molar-refractivity contribution in [1.82, 2.24) is 14.9 Å². The molecule has 0 aliphatic carbocycles. The lowest BCUT2D eigenvalue weighted by Crippen LogP contribution is -2.38. The summed E-state index contributed by atoms with van der Waals surface area (Å²) in [5.74, 6) is 1.39. The summed E-state index contributed by atoms with van der Waals surface area (Å²) in [6, 6.07) is 7.88. The standard InChI is InChI=1S/C17H20N4O2/c1-18-17-19-8-12(9-20-17)10-21(2)16(22)14-7-13-5-3-4-6-15(13)23-11-14/h3-6,8-9,14H,7,10-11H2,1-2H3,(H,18,19,20). The Morgan fingerprint density at radius 3 is 2.83 bits per heavy atom. The molecule has 0 saturated carbocycles. The lowest BCUT2D eigenvalue weighted by Gasteiger charge is -2.28. The van der Waals surface area contributed by atoms with Gasteiger partial charge in [-0.3, -0.25) is 4.79 Å². The molecule has 1 N–H and O–H groups in total. The van der Waals surface area contributed by atoms with Crippen molar-refractivity contribution in [2.45, 2.75) is 13.0 Å². The van der Waals surface area contributed by atoms with Crippen molar-refractivity contribution >= 4 is 11.9 Å². The number of para-hydroxylation sites is 1. The number of carbonyl (C=O) groups excluding carboxylic acids is 1. The molecule has 1 aromatic heterocycles. The van der Waals surface area contributed by atoms with E-state index in [-0.39, 0.29) is 11.8 Å². The van der Waals surface area contributed by atoms with Gasteiger partial charge in [-0.05, 0) is 18.1 Å². The molecular weight excluding hydrogens is 292 g/mol. The van der Waals surface area contributed by atoms with E-state index in [9.17, 15) is 4.79 Å². The van der Waals surface area contributed by atoms with Crippen molar-refractivity contribution in [2.75, 3.05) is 26.0 Å². The van der Waals surface area contributed by atoms with E-state index in [4.69, 9.17) is 4.74 Å². The number of fused-ring (bicyclic) bond motifs is 1. The molecule has 1 atom stereocenters. The highest BCUT2D eigenvalue weighted by Crippen LogP contribution is 2.27. The van der Waals surface area contributed by atoms with E-state index in [2.05, 4.69) is 15.3 Å². The van der Waals surface area contributed by atoms with Crippen molar-refractivity contribution in [3.05, 3.63) is 47.8 Å². The molecule has 0 radical (unpaired) electrons. The van der Waals surface area contributed by atoms with Crippen LogP contribution in [0.5, 0.6) is 5.75 Å². The van der Waals surface area contributed by atoms with E-state index in [1.807, 2.05) is 24.3 Å². The van der Waals surface area contributed by atoms with Gasteiger partial charge in [0.15, 0.2) is 0 Å². The average Bonchev–Trinajstić information content (AvgIpc) is 2.61. The number of benzene rings is 1. The van der Waals surface area contributed by atoms with Crippen LogP contribution in [0.4, 0.5) is 5.95 Å². The summed E-state index contributed by atoms with van der Waals surface area (Å²) in [4.78, 5) is 22.7. The molecule has 1 aliphatic rings. The van der Waals surface area contributed by atoms with E-state index in [1.54, 1.807) is 31.4 Å². The van der Waals surface area contributed by atoms with E-state index in [0.717, 1.165) is 16.9 Å². The highest BCUT2D eigenvalue weighted by molar-refractivity contribution is 5.79. The minimum absolute atomic E-state index is 0.0807. The average molecular weight is 312 g/mol. The number of nitrogens with zero attached hydrogens (tertiary/aromatic N) is 3. The molecule has 1 aliphatic heterocycles. The highest BCUT2D eigenvalue weighted by atomic mass is 16.5. The number of rotatable bonds is 4. The van der Waals surface area contributed by atoms with Crippen LogP contribution in [0.15, 0.2) is 36.7 Å². The Labute approximate surface area is 135 Å². The van der Waals surface area contributed by atoms with Gasteiger partial charge in [-0.25, -0.2) is 9.97 Å². The van der Waals surface area contributed by atoms with Gasteiger partial charge in [0.2, 0.25) is 11.9 Å². The molecule has 3 rings (SSSR count). The first-order valence-electron chi connectivity index (χ1n) is 7.61. The first kappa shape index (κ1) is 15.3. The Kier molecular flexibility index (Phi) is 4.41. The number of aromatic nitrogens is 2. The van der Waals surface area contributed by atoms with E-state index in [0.29, 0.717) is 25.5 Å². The molecule has 23 heavy (non-hydrogen) atoms. The van der Waals surface area contributed by atoms with Crippen LogP contribution in [0.1, 0.15) is 11.1 Å². The van der Waals surface area contributed by atoms with Crippen LogP contribution in [0, 0.1) is 5.92 Å². The SMILES string of the molecule is CNc1ncc(CN(C)C(=O)C2COc3ccccc3C2)cn1. The normalized spacial score (nSPS) is 16.2. The van der Waals surface area contributed by atoms with Gasteiger partial charge in [0, 0.05) is 38.6 Å². The highest BCUT2D eigenvalue weighted by Gasteiger charge is 2.28. The predicted octanol–water partition coefficient (Wildman–Crippen LogP) is 1.73. The summed E-state index contributed by atoms with van der Waals surface area (Å²) in [5, 5.41) is 2.87. The number of hydrogen-bond donors (Lipinski definition) is 1. The number of ether oxygens (including phenoxy) is 1. The van der Waals surface area contributed by atoms with Crippen molar-refractivity contribution in [3.8, 4) is 5.75 Å². The smallest absolute Gasteiger partial charge is 0.229 e. The zero-order valence-electron chi connectivity index (χ0n) is 13.3. The van der Waals surface area contributed by atoms with Crippen molar-refractivity contribution in [2.24, 2.45) is 5.92 Å². The second-order valence-corrected chi connectivity index (χ2v) is 5.68. The van der Waals surface area contributed by atoms with Crippen LogP contribution in [0.25, 0.3) is 0 Å². The number of nitrogens with one attached hydrogen (secondary N) is 1. The van der Waals surface area contributed by atoms with Crippen molar-refractivity contribution in [3.63, 3.8) is 0 Å². The summed E-state index contributed by atoms with van der Waals surface area (Å²) >= 11 is 0. The molecule has 1 unspecified atom stereocenters. The molecule has 6 heteroatoms. The molecule has 0 fully saturated rings. The minimum Gasteiger partial charge on any atom is -0.492 e. The Balaban J connectivity index is 1.63. The van der Waals surface area contributed by atoms with E-state index >= 15 is 0 Å². The van der Waals surface area contributed by atoms with Crippen LogP contribution in [0.3, 0.4) is 0 Å². The van der Waals surface area contributed by atoms with Crippen LogP contribution >= 0.6 is 0 Å². The zero-order valence-corrected chi connectivity index (χ0v) is 13.3. The number of anilines is 1. The topological polar surface area (TPSA) is 67.4 Å². The molecule has 0 bridgehead atoms. The second kappa shape index (κ2) is 6.64. The fourth-order valence-electron chi connectivity index (χ4n) is 2.72. The summed E-state index contributed by atoms with van der Waals surface area (Å²) < 4.78 is 5.71. The number of carbonyl (C=O) groups is 1. The van der Waals surface area contributed by atoms with E-state index < -0.39 is 0 Å². The van der Waals surface area contributed by atoms with Crippen molar-refractivity contribution < 1.29 is 9.53 Å². The van der Waals surface area contributed by atoms with Crippen LogP contribution in [-0.2, 0) is 17.8 Å².